The summed E-state index contributed by atoms with van der Waals surface area (Å²) in [5.74, 6) is 0.648. The van der Waals surface area contributed by atoms with Gasteiger partial charge in [0.1, 0.15) is 0 Å². The molecule has 0 heterocycles. The van der Waals surface area contributed by atoms with Crippen molar-refractivity contribution in [1.29, 1.82) is 0 Å². The Hall–Kier alpha value is -0.790. The van der Waals surface area contributed by atoms with E-state index in [1.165, 1.54) is 6.42 Å². The van der Waals surface area contributed by atoms with E-state index in [4.69, 9.17) is 4.74 Å². The Labute approximate surface area is 87.3 Å². The second-order valence-electron chi connectivity index (χ2n) is 3.56. The maximum Gasteiger partial charge on any atom is 0.306 e. The van der Waals surface area contributed by atoms with Crippen LogP contribution in [0.4, 0.5) is 0 Å². The first kappa shape index (κ1) is 13.2. The lowest BCUT2D eigenvalue weighted by Crippen LogP contribution is -2.02. The van der Waals surface area contributed by atoms with Crippen LogP contribution in [0.5, 0.6) is 0 Å². The number of hydrogen-bond donors (Lipinski definition) is 0. The summed E-state index contributed by atoms with van der Waals surface area (Å²) in [5, 5.41) is 0. The van der Waals surface area contributed by atoms with Crippen molar-refractivity contribution in [3.63, 3.8) is 0 Å². The predicted molar refractivity (Wildman–Crippen MR) is 59.1 cm³/mol. The van der Waals surface area contributed by atoms with Gasteiger partial charge in [0.25, 0.3) is 0 Å². The highest BCUT2D eigenvalue weighted by Gasteiger charge is 1.98. The zero-order valence-electron chi connectivity index (χ0n) is 9.58. The van der Waals surface area contributed by atoms with Crippen molar-refractivity contribution in [2.24, 2.45) is 5.92 Å². The summed E-state index contributed by atoms with van der Waals surface area (Å²) in [4.78, 5) is 10.9. The summed E-state index contributed by atoms with van der Waals surface area (Å²) in [6.07, 6.45) is 7.86. The fourth-order valence-corrected chi connectivity index (χ4v) is 1.05. The Kier molecular flexibility index (Phi) is 8.30. The Balaban J connectivity index is 3.39. The number of allylic oxidation sites excluding steroid dienone is 2. The van der Waals surface area contributed by atoms with Crippen molar-refractivity contribution >= 4 is 5.97 Å². The third-order valence-corrected chi connectivity index (χ3v) is 2.22. The van der Waals surface area contributed by atoms with Crippen LogP contribution < -0.4 is 0 Å². The van der Waals surface area contributed by atoms with Crippen molar-refractivity contribution in [2.75, 3.05) is 6.61 Å². The van der Waals surface area contributed by atoms with Crippen LogP contribution in [0.2, 0.25) is 0 Å². The topological polar surface area (TPSA) is 26.3 Å². The molecule has 0 fully saturated rings. The Morgan fingerprint density at radius 3 is 2.64 bits per heavy atom. The molecule has 0 radical (unpaired) electrons. The van der Waals surface area contributed by atoms with Gasteiger partial charge < -0.3 is 4.74 Å². The van der Waals surface area contributed by atoms with E-state index >= 15 is 0 Å². The molecular weight excluding hydrogens is 176 g/mol. The first-order chi connectivity index (χ1) is 6.70. The van der Waals surface area contributed by atoms with E-state index in [1.807, 2.05) is 6.92 Å². The van der Waals surface area contributed by atoms with Gasteiger partial charge in [0.15, 0.2) is 0 Å². The van der Waals surface area contributed by atoms with Gasteiger partial charge in [-0.25, -0.2) is 0 Å². The number of carbonyl (C=O) groups is 1. The summed E-state index contributed by atoms with van der Waals surface area (Å²) < 4.78 is 4.82. The van der Waals surface area contributed by atoms with Crippen LogP contribution in [0.3, 0.4) is 0 Å². The van der Waals surface area contributed by atoms with Gasteiger partial charge >= 0.3 is 5.97 Å². The van der Waals surface area contributed by atoms with Gasteiger partial charge in [-0.05, 0) is 25.7 Å². The van der Waals surface area contributed by atoms with Crippen LogP contribution >= 0.6 is 0 Å². The molecule has 0 aromatic rings. The fourth-order valence-electron chi connectivity index (χ4n) is 1.05. The van der Waals surface area contributed by atoms with Gasteiger partial charge in [-0.2, -0.15) is 0 Å². The first-order valence-corrected chi connectivity index (χ1v) is 5.51. The van der Waals surface area contributed by atoms with Crippen LogP contribution in [0.25, 0.3) is 0 Å². The molecule has 14 heavy (non-hydrogen) atoms. The van der Waals surface area contributed by atoms with Gasteiger partial charge in [0.2, 0.25) is 0 Å². The van der Waals surface area contributed by atoms with Gasteiger partial charge in [0, 0.05) is 6.42 Å². The normalized spacial score (nSPS) is 13.1. The van der Waals surface area contributed by atoms with Crippen molar-refractivity contribution in [3.05, 3.63) is 12.2 Å². The Morgan fingerprint density at radius 1 is 1.36 bits per heavy atom. The number of carbonyl (C=O) groups excluding carboxylic acids is 1. The summed E-state index contributed by atoms with van der Waals surface area (Å²) in [5.41, 5.74) is 0. The second kappa shape index (κ2) is 8.79. The number of ether oxygens (including phenoxy) is 1. The summed E-state index contributed by atoms with van der Waals surface area (Å²) in [7, 11) is 0. The molecule has 0 N–H and O–H groups in total. The van der Waals surface area contributed by atoms with E-state index in [-0.39, 0.29) is 5.97 Å². The van der Waals surface area contributed by atoms with Crippen molar-refractivity contribution in [2.45, 2.75) is 46.5 Å². The molecule has 0 amide bonds. The van der Waals surface area contributed by atoms with Gasteiger partial charge in [-0.15, -0.1) is 0 Å². The molecule has 1 unspecified atom stereocenters. The van der Waals surface area contributed by atoms with Crippen LogP contribution in [-0.2, 0) is 9.53 Å². The van der Waals surface area contributed by atoms with Gasteiger partial charge in [-0.3, -0.25) is 4.79 Å². The lowest BCUT2D eigenvalue weighted by atomic mass is 10.0. The van der Waals surface area contributed by atoms with Crippen LogP contribution in [-0.4, -0.2) is 12.6 Å². The van der Waals surface area contributed by atoms with E-state index in [2.05, 4.69) is 26.0 Å². The minimum Gasteiger partial charge on any atom is -0.466 e. The molecule has 0 saturated heterocycles. The second-order valence-corrected chi connectivity index (χ2v) is 3.56. The molecule has 0 aliphatic heterocycles. The molecule has 82 valence electrons. The number of esters is 1. The maximum absolute atomic E-state index is 10.9. The molecule has 0 aromatic carbocycles. The largest absolute Gasteiger partial charge is 0.466 e. The summed E-state index contributed by atoms with van der Waals surface area (Å²) in [6, 6.07) is 0. The molecule has 1 atom stereocenters. The van der Waals surface area contributed by atoms with Gasteiger partial charge in [0.05, 0.1) is 6.61 Å². The fraction of sp³-hybridized carbons (Fsp3) is 0.750. The number of hydrogen-bond acceptors (Lipinski definition) is 2. The third kappa shape index (κ3) is 7.84. The monoisotopic (exact) mass is 198 g/mol. The van der Waals surface area contributed by atoms with Crippen molar-refractivity contribution < 1.29 is 9.53 Å². The maximum atomic E-state index is 10.9. The molecule has 2 nitrogen and oxygen atoms in total. The van der Waals surface area contributed by atoms with E-state index in [9.17, 15) is 4.79 Å². The zero-order valence-corrected chi connectivity index (χ0v) is 9.58. The van der Waals surface area contributed by atoms with E-state index < -0.39 is 0 Å². The predicted octanol–water partition coefficient (Wildman–Crippen LogP) is 3.32. The zero-order chi connectivity index (χ0) is 10.8. The lowest BCUT2D eigenvalue weighted by molar-refractivity contribution is -0.142. The molecule has 0 spiro atoms. The molecule has 0 aliphatic rings. The summed E-state index contributed by atoms with van der Waals surface area (Å²) >= 11 is 0. The number of rotatable bonds is 7. The molecule has 2 heteroatoms. The quantitative estimate of drug-likeness (QED) is 0.463. The molecule has 0 aliphatic carbocycles. The smallest absolute Gasteiger partial charge is 0.306 e. The Morgan fingerprint density at radius 2 is 2.07 bits per heavy atom. The lowest BCUT2D eigenvalue weighted by Gasteiger charge is -2.02. The third-order valence-electron chi connectivity index (χ3n) is 2.22. The minimum atomic E-state index is -0.0966. The van der Waals surface area contributed by atoms with E-state index in [0.29, 0.717) is 13.0 Å². The Bertz CT molecular complexity index is 173. The summed E-state index contributed by atoms with van der Waals surface area (Å²) in [6.45, 7) is 6.74. The SMILES string of the molecule is CCOC(=O)CC/C=C/CC(C)CC. The van der Waals surface area contributed by atoms with Crippen LogP contribution in [0, 0.1) is 5.92 Å². The average molecular weight is 198 g/mol. The first-order valence-electron chi connectivity index (χ1n) is 5.51. The van der Waals surface area contributed by atoms with Gasteiger partial charge in [-0.1, -0.05) is 32.4 Å². The van der Waals surface area contributed by atoms with Crippen LogP contribution in [0.15, 0.2) is 12.2 Å². The molecule has 0 bridgehead atoms. The molecular formula is C12H22O2. The average Bonchev–Trinajstić information content (AvgIpc) is 2.17. The highest BCUT2D eigenvalue weighted by molar-refractivity contribution is 5.69. The van der Waals surface area contributed by atoms with Crippen LogP contribution in [0.1, 0.15) is 46.5 Å². The standard InChI is InChI=1S/C12H22O2/c1-4-11(3)9-7-6-8-10-12(13)14-5-2/h6-7,11H,4-5,8-10H2,1-3H3/b7-6+. The highest BCUT2D eigenvalue weighted by atomic mass is 16.5. The molecule has 0 saturated carbocycles. The minimum absolute atomic E-state index is 0.0966. The molecule has 0 rings (SSSR count). The van der Waals surface area contributed by atoms with E-state index in [0.717, 1.165) is 18.8 Å². The van der Waals surface area contributed by atoms with Crippen molar-refractivity contribution in [3.8, 4) is 0 Å². The highest BCUT2D eigenvalue weighted by Crippen LogP contribution is 2.07. The molecule has 0 aromatic heterocycles. The van der Waals surface area contributed by atoms with E-state index in [1.54, 1.807) is 0 Å². The van der Waals surface area contributed by atoms with Crippen molar-refractivity contribution in [1.82, 2.24) is 0 Å².